The van der Waals surface area contributed by atoms with Crippen LogP contribution in [0.4, 0.5) is 5.69 Å². The van der Waals surface area contributed by atoms with E-state index in [9.17, 15) is 14.7 Å². The van der Waals surface area contributed by atoms with Gasteiger partial charge in [0.25, 0.3) is 0 Å². The number of hydrogen-bond donors (Lipinski definition) is 2. The number of anilines is 1. The number of carbonyl (C=O) groups is 2. The number of carbonyl (C=O) groups excluding carboxylic acids is 2. The van der Waals surface area contributed by atoms with Gasteiger partial charge in [0.1, 0.15) is 5.75 Å². The van der Waals surface area contributed by atoms with Crippen LogP contribution in [0.1, 0.15) is 25.6 Å². The molecule has 0 saturated heterocycles. The molecule has 1 rings (SSSR count). The lowest BCUT2D eigenvalue weighted by Crippen LogP contribution is -2.06. The van der Waals surface area contributed by atoms with Crippen molar-refractivity contribution in [1.29, 1.82) is 0 Å². The molecule has 0 radical (unpaired) electrons. The Morgan fingerprint density at radius 3 is 2.57 bits per heavy atom. The Hall–Kier alpha value is -1.84. The zero-order valence-electron chi connectivity index (χ0n) is 8.92. The van der Waals surface area contributed by atoms with Crippen LogP contribution in [0.3, 0.4) is 0 Å². The molecule has 0 aliphatic carbocycles. The SMILES string of the molecule is [2H]c1c(NC(C)=O)ccc(O)c1C(C)=O. The first-order valence-corrected chi connectivity index (χ1v) is 4.04. The van der Waals surface area contributed by atoms with Gasteiger partial charge in [0.15, 0.2) is 5.78 Å². The largest absolute Gasteiger partial charge is 0.507 e. The highest BCUT2D eigenvalue weighted by atomic mass is 16.3. The molecule has 1 aromatic carbocycles. The summed E-state index contributed by atoms with van der Waals surface area (Å²) < 4.78 is 7.62. The molecule has 1 aromatic rings. The van der Waals surface area contributed by atoms with Crippen molar-refractivity contribution in [2.24, 2.45) is 0 Å². The first-order valence-electron chi connectivity index (χ1n) is 4.54. The molecule has 0 bridgehead atoms. The van der Waals surface area contributed by atoms with E-state index >= 15 is 0 Å². The zero-order chi connectivity index (χ0) is 11.6. The summed E-state index contributed by atoms with van der Waals surface area (Å²) in [6, 6.07) is 2.49. The fraction of sp³-hybridized carbons (Fsp3) is 0.200. The Morgan fingerprint density at radius 1 is 1.43 bits per heavy atom. The molecular weight excluding hydrogens is 182 g/mol. The highest BCUT2D eigenvalue weighted by molar-refractivity contribution is 5.99. The highest BCUT2D eigenvalue weighted by Crippen LogP contribution is 2.21. The lowest BCUT2D eigenvalue weighted by molar-refractivity contribution is -0.114. The summed E-state index contributed by atoms with van der Waals surface area (Å²) >= 11 is 0. The molecule has 0 heterocycles. The maximum atomic E-state index is 11.1. The third-order valence-corrected chi connectivity index (χ3v) is 1.59. The third-order valence-electron chi connectivity index (χ3n) is 1.59. The van der Waals surface area contributed by atoms with Crippen molar-refractivity contribution in [3.8, 4) is 5.75 Å². The van der Waals surface area contributed by atoms with Crippen molar-refractivity contribution in [3.63, 3.8) is 0 Å². The van der Waals surface area contributed by atoms with E-state index in [0.717, 1.165) is 0 Å². The number of phenolic OH excluding ortho intramolecular Hbond substituents is 1. The number of nitrogens with one attached hydrogen (secondary N) is 1. The summed E-state index contributed by atoms with van der Waals surface area (Å²) in [6.07, 6.45) is 0. The number of benzene rings is 1. The zero-order valence-corrected chi connectivity index (χ0v) is 7.92. The minimum atomic E-state index is -0.412. The van der Waals surface area contributed by atoms with Crippen LogP contribution in [0, 0.1) is 0 Å². The van der Waals surface area contributed by atoms with Gasteiger partial charge in [-0.2, -0.15) is 0 Å². The van der Waals surface area contributed by atoms with E-state index in [-0.39, 0.29) is 28.9 Å². The van der Waals surface area contributed by atoms with Gasteiger partial charge in [-0.1, -0.05) is 0 Å². The Labute approximate surface area is 83.0 Å². The van der Waals surface area contributed by atoms with Crippen LogP contribution in [0.5, 0.6) is 5.75 Å². The number of aromatic hydroxyl groups is 1. The average Bonchev–Trinajstić information content (AvgIpc) is 2.09. The fourth-order valence-electron chi connectivity index (χ4n) is 1.02. The summed E-state index contributed by atoms with van der Waals surface area (Å²) in [6.45, 7) is 2.56. The molecule has 0 aromatic heterocycles. The van der Waals surface area contributed by atoms with E-state index in [2.05, 4.69) is 5.32 Å². The van der Waals surface area contributed by atoms with Gasteiger partial charge in [-0.05, 0) is 25.1 Å². The predicted octanol–water partition coefficient (Wildman–Crippen LogP) is 1.55. The van der Waals surface area contributed by atoms with Crippen LogP contribution in [0.2, 0.25) is 0 Å². The molecular formula is C10H11NO3. The van der Waals surface area contributed by atoms with Crippen molar-refractivity contribution in [2.45, 2.75) is 13.8 Å². The smallest absolute Gasteiger partial charge is 0.221 e. The molecule has 14 heavy (non-hydrogen) atoms. The van der Waals surface area contributed by atoms with Gasteiger partial charge in [-0.15, -0.1) is 0 Å². The number of Topliss-reactive ketones (excluding diaryl/α,β-unsaturated/α-hetero) is 1. The predicted molar refractivity (Wildman–Crippen MR) is 52.4 cm³/mol. The van der Waals surface area contributed by atoms with Crippen molar-refractivity contribution >= 4 is 17.4 Å². The van der Waals surface area contributed by atoms with Gasteiger partial charge >= 0.3 is 0 Å². The fourth-order valence-corrected chi connectivity index (χ4v) is 1.02. The number of rotatable bonds is 2. The minimum Gasteiger partial charge on any atom is -0.507 e. The van der Waals surface area contributed by atoms with Gasteiger partial charge in [-0.25, -0.2) is 0 Å². The van der Waals surface area contributed by atoms with Gasteiger partial charge in [0.05, 0.1) is 6.93 Å². The quantitative estimate of drug-likeness (QED) is 0.554. The van der Waals surface area contributed by atoms with Gasteiger partial charge in [-0.3, -0.25) is 9.59 Å². The minimum absolute atomic E-state index is 0.0822. The highest BCUT2D eigenvalue weighted by Gasteiger charge is 2.07. The molecule has 0 fully saturated rings. The van der Waals surface area contributed by atoms with E-state index in [1.807, 2.05) is 0 Å². The topological polar surface area (TPSA) is 66.4 Å². The number of phenols is 1. The second-order valence-corrected chi connectivity index (χ2v) is 2.87. The summed E-state index contributed by atoms with van der Waals surface area (Å²) in [4.78, 5) is 21.9. The van der Waals surface area contributed by atoms with E-state index < -0.39 is 5.78 Å². The maximum absolute atomic E-state index is 11.1. The van der Waals surface area contributed by atoms with Crippen LogP contribution >= 0.6 is 0 Å². The molecule has 74 valence electrons. The van der Waals surface area contributed by atoms with Crippen molar-refractivity contribution in [3.05, 3.63) is 23.7 Å². The molecule has 4 heteroatoms. The number of ketones is 1. The monoisotopic (exact) mass is 194 g/mol. The van der Waals surface area contributed by atoms with E-state index in [1.54, 1.807) is 0 Å². The second-order valence-electron chi connectivity index (χ2n) is 2.87. The molecule has 0 aliphatic heterocycles. The van der Waals surface area contributed by atoms with Crippen LogP contribution in [-0.2, 0) is 4.79 Å². The Kier molecular flexibility index (Phi) is 2.44. The molecule has 0 unspecified atom stereocenters. The second kappa shape index (κ2) is 3.91. The van der Waals surface area contributed by atoms with Crippen LogP contribution < -0.4 is 5.32 Å². The molecule has 1 amide bonds. The summed E-state index contributed by atoms with van der Waals surface area (Å²) in [5.41, 5.74) is 0.131. The molecule has 4 nitrogen and oxygen atoms in total. The normalized spacial score (nSPS) is 10.6. The van der Waals surface area contributed by atoms with Gasteiger partial charge < -0.3 is 10.4 Å². The average molecular weight is 194 g/mol. The number of hydrogen-bond acceptors (Lipinski definition) is 3. The van der Waals surface area contributed by atoms with Crippen molar-refractivity contribution < 1.29 is 16.1 Å². The van der Waals surface area contributed by atoms with Crippen molar-refractivity contribution in [1.82, 2.24) is 0 Å². The van der Waals surface area contributed by atoms with Crippen LogP contribution in [0.25, 0.3) is 0 Å². The molecule has 0 atom stereocenters. The van der Waals surface area contributed by atoms with Crippen LogP contribution in [0.15, 0.2) is 18.2 Å². The Balaban J connectivity index is 3.28. The summed E-state index contributed by atoms with van der Waals surface area (Å²) in [5, 5.41) is 11.8. The lowest BCUT2D eigenvalue weighted by Gasteiger charge is -2.05. The van der Waals surface area contributed by atoms with Crippen LogP contribution in [-0.4, -0.2) is 16.8 Å². The van der Waals surface area contributed by atoms with Gasteiger partial charge in [0.2, 0.25) is 5.91 Å². The Bertz CT molecular complexity index is 429. The van der Waals surface area contributed by atoms with E-state index in [1.165, 1.54) is 26.0 Å². The summed E-state index contributed by atoms with van der Waals surface area (Å²) in [5.74, 6) is -0.991. The third kappa shape index (κ3) is 2.32. The standard InChI is InChI=1S/C10H11NO3/c1-6(12)9-5-8(11-7(2)13)3-4-10(9)14/h3-5,14H,1-2H3,(H,11,13)/i5D. The molecule has 2 N–H and O–H groups in total. The first-order chi connectivity index (χ1) is 6.93. The number of amides is 1. The Morgan fingerprint density at radius 2 is 2.07 bits per heavy atom. The molecule has 0 spiro atoms. The van der Waals surface area contributed by atoms with Crippen molar-refractivity contribution in [2.75, 3.05) is 5.32 Å². The lowest BCUT2D eigenvalue weighted by atomic mass is 10.1. The molecule has 0 saturated carbocycles. The summed E-state index contributed by atoms with van der Waals surface area (Å²) in [7, 11) is 0. The van der Waals surface area contributed by atoms with E-state index in [0.29, 0.717) is 0 Å². The van der Waals surface area contributed by atoms with E-state index in [4.69, 9.17) is 1.37 Å². The first kappa shape index (κ1) is 8.74. The maximum Gasteiger partial charge on any atom is 0.221 e. The van der Waals surface area contributed by atoms with Gasteiger partial charge in [0, 0.05) is 12.6 Å². The molecule has 0 aliphatic rings.